The second-order valence-electron chi connectivity index (χ2n) is 10.6. The van der Waals surface area contributed by atoms with E-state index in [4.69, 9.17) is 23.9 Å². The molecule has 0 aliphatic carbocycles. The summed E-state index contributed by atoms with van der Waals surface area (Å²) in [6.45, 7) is 10.3. The van der Waals surface area contributed by atoms with Crippen molar-refractivity contribution in [3.8, 4) is 17.5 Å². The quantitative estimate of drug-likeness (QED) is 0.418. The molecule has 1 N–H and O–H groups in total. The lowest BCUT2D eigenvalue weighted by Crippen LogP contribution is -2.42. The zero-order valence-electron chi connectivity index (χ0n) is 20.7. The van der Waals surface area contributed by atoms with Crippen LogP contribution >= 0.6 is 0 Å². The van der Waals surface area contributed by atoms with Gasteiger partial charge in [-0.1, -0.05) is 43.8 Å². The van der Waals surface area contributed by atoms with Crippen LogP contribution in [0.15, 0.2) is 36.7 Å². The van der Waals surface area contributed by atoms with Crippen molar-refractivity contribution in [2.45, 2.75) is 69.9 Å². The van der Waals surface area contributed by atoms with E-state index in [1.54, 1.807) is 28.8 Å². The largest absolute Gasteiger partial charge is 0.445 e. The van der Waals surface area contributed by atoms with Gasteiger partial charge in [0, 0.05) is 5.56 Å². The molecular formula is C25H27N5O5Si. The number of imidazole rings is 1. The number of nitrogens with zero attached hydrogens (tertiary/aromatic N) is 4. The number of hydrogen-bond donors (Lipinski definition) is 1. The van der Waals surface area contributed by atoms with Crippen LogP contribution in [-0.2, 0) is 14.2 Å². The molecule has 3 aliphatic rings. The standard InChI is InChI=1S/C25H27N5O5Si/c1-25(2)34-18-17-15(11-12-36(3,4)5)32-24-28-16-20(29-22(31)14-9-7-6-8-10-14)26-13-27-21(16)30(24)23(33-17)19(18)35-25/h6-10,13,15,17-19,23H,1-5H3,(H,26,27,29,31)/t15-,17-,18-,19-,23-/m1/s1. The van der Waals surface area contributed by atoms with Crippen molar-refractivity contribution < 1.29 is 23.7 Å². The van der Waals surface area contributed by atoms with Gasteiger partial charge < -0.3 is 24.3 Å². The Labute approximate surface area is 209 Å². The first-order valence-electron chi connectivity index (χ1n) is 11.9. The van der Waals surface area contributed by atoms with E-state index in [2.05, 4.69) is 46.4 Å². The van der Waals surface area contributed by atoms with Crippen LogP contribution in [-0.4, -0.2) is 63.7 Å². The van der Waals surface area contributed by atoms with Crippen molar-refractivity contribution in [1.82, 2.24) is 19.5 Å². The van der Waals surface area contributed by atoms with Crippen LogP contribution in [0, 0.1) is 11.5 Å². The number of carbonyl (C=O) groups excluding carboxylic acids is 1. The summed E-state index contributed by atoms with van der Waals surface area (Å²) in [7, 11) is -1.70. The Morgan fingerprint density at radius 2 is 1.83 bits per heavy atom. The number of amides is 1. The average molecular weight is 506 g/mol. The van der Waals surface area contributed by atoms with Crippen LogP contribution < -0.4 is 10.1 Å². The van der Waals surface area contributed by atoms with Crippen molar-refractivity contribution in [3.05, 3.63) is 42.2 Å². The highest BCUT2D eigenvalue weighted by Crippen LogP contribution is 2.48. The maximum atomic E-state index is 12.8. The molecule has 1 aromatic carbocycles. The van der Waals surface area contributed by atoms with Gasteiger partial charge in [0.15, 0.2) is 35.1 Å². The van der Waals surface area contributed by atoms with Gasteiger partial charge in [-0.25, -0.2) is 14.5 Å². The van der Waals surface area contributed by atoms with E-state index >= 15 is 0 Å². The third-order valence-electron chi connectivity index (χ3n) is 6.15. The van der Waals surface area contributed by atoms with Gasteiger partial charge in [0.2, 0.25) is 0 Å². The van der Waals surface area contributed by atoms with Gasteiger partial charge in [0.1, 0.15) is 32.7 Å². The van der Waals surface area contributed by atoms with E-state index in [1.165, 1.54) is 6.33 Å². The van der Waals surface area contributed by atoms with E-state index in [9.17, 15) is 4.79 Å². The van der Waals surface area contributed by atoms with Crippen molar-refractivity contribution >= 4 is 31.0 Å². The number of benzene rings is 1. The maximum Gasteiger partial charge on any atom is 0.302 e. The van der Waals surface area contributed by atoms with Crippen molar-refractivity contribution in [2.24, 2.45) is 0 Å². The summed E-state index contributed by atoms with van der Waals surface area (Å²) in [5, 5.41) is 2.84. The number of aromatic nitrogens is 4. The molecule has 0 radical (unpaired) electrons. The molecule has 0 unspecified atom stereocenters. The Kier molecular flexibility index (Phi) is 5.21. The minimum atomic E-state index is -1.70. The molecule has 2 bridgehead atoms. The van der Waals surface area contributed by atoms with Crippen LogP contribution in [0.5, 0.6) is 6.01 Å². The molecule has 186 valence electrons. The zero-order chi connectivity index (χ0) is 25.2. The lowest BCUT2D eigenvalue weighted by molar-refractivity contribution is -0.197. The molecule has 11 heteroatoms. The summed E-state index contributed by atoms with van der Waals surface area (Å²) in [5.41, 5.74) is 4.74. The molecule has 5 atom stereocenters. The number of hydrogen-bond acceptors (Lipinski definition) is 8. The Bertz CT molecular complexity index is 1410. The van der Waals surface area contributed by atoms with E-state index in [0.717, 1.165) is 0 Å². The summed E-state index contributed by atoms with van der Waals surface area (Å²) >= 11 is 0. The van der Waals surface area contributed by atoms with E-state index in [0.29, 0.717) is 16.7 Å². The third-order valence-corrected chi connectivity index (χ3v) is 7.05. The molecule has 0 saturated carbocycles. The zero-order valence-corrected chi connectivity index (χ0v) is 21.7. The maximum absolute atomic E-state index is 12.8. The van der Waals surface area contributed by atoms with Crippen LogP contribution in [0.3, 0.4) is 0 Å². The van der Waals surface area contributed by atoms with Crippen molar-refractivity contribution in [1.29, 1.82) is 0 Å². The molecule has 2 aromatic heterocycles. The first-order chi connectivity index (χ1) is 17.1. The number of anilines is 1. The fourth-order valence-corrected chi connectivity index (χ4v) is 5.28. The Morgan fingerprint density at radius 3 is 2.58 bits per heavy atom. The molecular weight excluding hydrogens is 478 g/mol. The summed E-state index contributed by atoms with van der Waals surface area (Å²) in [4.78, 5) is 26.3. The second-order valence-corrected chi connectivity index (χ2v) is 15.3. The summed E-state index contributed by atoms with van der Waals surface area (Å²) < 4.78 is 27.1. The van der Waals surface area contributed by atoms with Crippen LogP contribution in [0.4, 0.5) is 5.82 Å². The summed E-state index contributed by atoms with van der Waals surface area (Å²) in [6, 6.07) is 9.19. The number of carbonyl (C=O) groups is 1. The van der Waals surface area contributed by atoms with E-state index < -0.39 is 38.4 Å². The van der Waals surface area contributed by atoms with Gasteiger partial charge in [-0.05, 0) is 26.0 Å². The summed E-state index contributed by atoms with van der Waals surface area (Å²) in [5.74, 6) is 2.49. The fraction of sp³-hybridized carbons (Fsp3) is 0.440. The molecule has 1 amide bonds. The number of rotatable bonds is 2. The van der Waals surface area contributed by atoms with Gasteiger partial charge in [0.25, 0.3) is 5.91 Å². The third kappa shape index (κ3) is 3.96. The Balaban J connectivity index is 1.44. The number of fused-ring (bicyclic) bond motifs is 9. The monoisotopic (exact) mass is 505 g/mol. The highest BCUT2D eigenvalue weighted by atomic mass is 28.3. The molecule has 3 aromatic rings. The summed E-state index contributed by atoms with van der Waals surface area (Å²) in [6.07, 6.45) is -1.05. The van der Waals surface area contributed by atoms with E-state index in [1.807, 2.05) is 19.9 Å². The molecule has 5 heterocycles. The topological polar surface area (TPSA) is 110 Å². The first kappa shape index (κ1) is 23.1. The molecule has 0 spiro atoms. The highest BCUT2D eigenvalue weighted by Gasteiger charge is 2.60. The molecule has 2 saturated heterocycles. The minimum absolute atomic E-state index is 0.276. The van der Waals surface area contributed by atoms with Gasteiger partial charge >= 0.3 is 6.01 Å². The number of ether oxygens (including phenoxy) is 4. The van der Waals surface area contributed by atoms with Gasteiger partial charge in [0.05, 0.1) is 0 Å². The minimum Gasteiger partial charge on any atom is -0.445 e. The Morgan fingerprint density at radius 1 is 1.08 bits per heavy atom. The predicted octanol–water partition coefficient (Wildman–Crippen LogP) is 3.14. The predicted molar refractivity (Wildman–Crippen MR) is 133 cm³/mol. The van der Waals surface area contributed by atoms with Crippen LogP contribution in [0.1, 0.15) is 30.4 Å². The fourth-order valence-electron chi connectivity index (χ4n) is 4.70. The average Bonchev–Trinajstić information content (AvgIpc) is 3.41. The van der Waals surface area contributed by atoms with Gasteiger partial charge in [-0.3, -0.25) is 4.79 Å². The molecule has 2 fully saturated rings. The normalized spacial score (nSPS) is 27.9. The molecule has 10 nitrogen and oxygen atoms in total. The number of nitrogens with one attached hydrogen (secondary N) is 1. The smallest absolute Gasteiger partial charge is 0.302 e. The lowest BCUT2D eigenvalue weighted by Gasteiger charge is -2.24. The second kappa shape index (κ2) is 8.11. The Hall–Kier alpha value is -3.30. The SMILES string of the molecule is CC1(C)O[C@H]2[C@@H](O1)[C@H]1O[C@@H]2[C@@H](C#C[Si](C)(C)C)Oc2nc3c(NC(=O)c4ccccc4)ncnc3n21. The van der Waals surface area contributed by atoms with Gasteiger partial charge in [-0.15, -0.1) is 5.54 Å². The van der Waals surface area contributed by atoms with Crippen molar-refractivity contribution in [3.63, 3.8) is 0 Å². The van der Waals surface area contributed by atoms with E-state index in [-0.39, 0.29) is 23.8 Å². The molecule has 3 aliphatic heterocycles. The highest BCUT2D eigenvalue weighted by molar-refractivity contribution is 6.83. The van der Waals surface area contributed by atoms with Crippen molar-refractivity contribution in [2.75, 3.05) is 5.32 Å². The molecule has 6 rings (SSSR count). The van der Waals surface area contributed by atoms with Crippen LogP contribution in [0.2, 0.25) is 19.6 Å². The lowest BCUT2D eigenvalue weighted by atomic mass is 10.1. The molecule has 36 heavy (non-hydrogen) atoms. The first-order valence-corrected chi connectivity index (χ1v) is 15.4. The van der Waals surface area contributed by atoms with Crippen LogP contribution in [0.25, 0.3) is 11.2 Å². The van der Waals surface area contributed by atoms with Gasteiger partial charge in [-0.2, -0.15) is 4.98 Å².